The standard InChI is InChI=1S/C28H30F3N5O3S/c1-4-39-24(37)11-12-33-13-15-34(16-14-33)20-7-9-21(10-8-20)36-26(40)35(25(38)27(36,2)3)22-6-5-19(18-32)23(17-22)28(29,30)31/h5-10,17H,4,11-16H2,1-3H3. The number of nitrogens with zero attached hydrogens (tertiary/aromatic N) is 5. The Bertz CT molecular complexity index is 1330. The summed E-state index contributed by atoms with van der Waals surface area (Å²) in [6.45, 7) is 9.32. The van der Waals surface area contributed by atoms with Crippen LogP contribution < -0.4 is 14.7 Å². The van der Waals surface area contributed by atoms with E-state index in [1.165, 1.54) is 6.07 Å². The maximum absolute atomic E-state index is 13.6. The van der Waals surface area contributed by atoms with E-state index in [1.54, 1.807) is 31.7 Å². The third-order valence-corrected chi connectivity index (χ3v) is 7.50. The average Bonchev–Trinajstić information content (AvgIpc) is 3.10. The number of ether oxygens (including phenoxy) is 1. The number of amides is 1. The topological polar surface area (TPSA) is 80.1 Å². The van der Waals surface area contributed by atoms with Gasteiger partial charge in [0, 0.05) is 44.1 Å². The Balaban J connectivity index is 1.49. The predicted molar refractivity (Wildman–Crippen MR) is 149 cm³/mol. The van der Waals surface area contributed by atoms with Crippen LogP contribution in [0.25, 0.3) is 0 Å². The number of hydrogen-bond donors (Lipinski definition) is 0. The first-order valence-corrected chi connectivity index (χ1v) is 13.3. The summed E-state index contributed by atoms with van der Waals surface area (Å²) in [5.74, 6) is -0.668. The van der Waals surface area contributed by atoms with Crippen molar-refractivity contribution < 1.29 is 27.5 Å². The number of thiocarbonyl (C=S) groups is 1. The quantitative estimate of drug-likeness (QED) is 0.352. The second kappa shape index (κ2) is 11.4. The monoisotopic (exact) mass is 573 g/mol. The van der Waals surface area contributed by atoms with Gasteiger partial charge in [0.1, 0.15) is 5.54 Å². The molecule has 0 saturated carbocycles. The van der Waals surface area contributed by atoms with E-state index in [1.807, 2.05) is 24.3 Å². The van der Waals surface area contributed by atoms with Crippen molar-refractivity contribution in [1.29, 1.82) is 5.26 Å². The molecule has 0 aromatic heterocycles. The Kier molecular flexibility index (Phi) is 8.37. The fraction of sp³-hybridized carbons (Fsp3) is 0.429. The van der Waals surface area contributed by atoms with Crippen molar-refractivity contribution in [3.8, 4) is 6.07 Å². The van der Waals surface area contributed by atoms with Gasteiger partial charge in [-0.15, -0.1) is 0 Å². The van der Waals surface area contributed by atoms with Crippen LogP contribution in [0.15, 0.2) is 42.5 Å². The van der Waals surface area contributed by atoms with Crippen molar-refractivity contribution in [2.24, 2.45) is 0 Å². The van der Waals surface area contributed by atoms with Gasteiger partial charge in [-0.3, -0.25) is 19.4 Å². The van der Waals surface area contributed by atoms with Crippen molar-refractivity contribution in [2.75, 3.05) is 54.0 Å². The second-order valence-electron chi connectivity index (χ2n) is 10.1. The number of hydrogen-bond acceptors (Lipinski definition) is 7. The van der Waals surface area contributed by atoms with E-state index < -0.39 is 28.7 Å². The van der Waals surface area contributed by atoms with Crippen molar-refractivity contribution >= 4 is 46.3 Å². The third-order valence-electron chi connectivity index (χ3n) is 7.14. The van der Waals surface area contributed by atoms with Crippen molar-refractivity contribution in [3.05, 3.63) is 53.6 Å². The van der Waals surface area contributed by atoms with Crippen LogP contribution in [0, 0.1) is 11.3 Å². The minimum atomic E-state index is -4.76. The van der Waals surface area contributed by atoms with Crippen LogP contribution in [0.3, 0.4) is 0 Å². The van der Waals surface area contributed by atoms with Crippen LogP contribution in [0.1, 0.15) is 38.3 Å². The molecular weight excluding hydrogens is 543 g/mol. The highest BCUT2D eigenvalue weighted by Gasteiger charge is 2.50. The molecule has 8 nitrogen and oxygen atoms in total. The normalized spacial score (nSPS) is 17.8. The molecule has 1 amide bonds. The third kappa shape index (κ3) is 5.76. The van der Waals surface area contributed by atoms with Gasteiger partial charge in [0.05, 0.1) is 35.9 Å². The molecule has 40 heavy (non-hydrogen) atoms. The lowest BCUT2D eigenvalue weighted by atomic mass is 10.0. The maximum Gasteiger partial charge on any atom is 0.417 e. The van der Waals surface area contributed by atoms with Crippen LogP contribution in [-0.4, -0.2) is 66.8 Å². The van der Waals surface area contributed by atoms with Gasteiger partial charge in [0.25, 0.3) is 5.91 Å². The first kappa shape index (κ1) is 29.3. The summed E-state index contributed by atoms with van der Waals surface area (Å²) in [7, 11) is 0. The van der Waals surface area contributed by atoms with E-state index in [4.69, 9.17) is 22.2 Å². The van der Waals surface area contributed by atoms with E-state index >= 15 is 0 Å². The maximum atomic E-state index is 13.6. The summed E-state index contributed by atoms with van der Waals surface area (Å²) < 4.78 is 45.7. The van der Waals surface area contributed by atoms with E-state index in [0.29, 0.717) is 25.3 Å². The molecule has 0 spiro atoms. The SMILES string of the molecule is CCOC(=O)CCN1CCN(c2ccc(N3C(=S)N(c4ccc(C#N)c(C(F)(F)F)c4)C(=O)C3(C)C)cc2)CC1. The molecular formula is C28H30F3N5O3S. The zero-order chi connectivity index (χ0) is 29.2. The van der Waals surface area contributed by atoms with Gasteiger partial charge >= 0.3 is 12.1 Å². The fourth-order valence-electron chi connectivity index (χ4n) is 4.98. The summed E-state index contributed by atoms with van der Waals surface area (Å²) >= 11 is 5.62. The highest BCUT2D eigenvalue weighted by Crippen LogP contribution is 2.40. The zero-order valence-electron chi connectivity index (χ0n) is 22.5. The molecule has 2 heterocycles. The van der Waals surface area contributed by atoms with Crippen LogP contribution in [-0.2, 0) is 20.5 Å². The van der Waals surface area contributed by atoms with Crippen molar-refractivity contribution in [2.45, 2.75) is 38.9 Å². The number of carbonyl (C=O) groups is 2. The summed E-state index contributed by atoms with van der Waals surface area (Å²) in [6.07, 6.45) is -4.40. The first-order valence-electron chi connectivity index (χ1n) is 12.9. The first-order chi connectivity index (χ1) is 18.9. The lowest BCUT2D eigenvalue weighted by Crippen LogP contribution is -2.47. The number of carbonyl (C=O) groups excluding carboxylic acids is 2. The van der Waals surface area contributed by atoms with Crippen LogP contribution in [0.5, 0.6) is 0 Å². The van der Waals surface area contributed by atoms with E-state index in [0.717, 1.165) is 48.9 Å². The van der Waals surface area contributed by atoms with Gasteiger partial charge in [0.2, 0.25) is 0 Å². The number of nitriles is 1. The minimum absolute atomic E-state index is 0.0469. The van der Waals surface area contributed by atoms with Gasteiger partial charge in [-0.2, -0.15) is 18.4 Å². The van der Waals surface area contributed by atoms with E-state index in [9.17, 15) is 22.8 Å². The molecule has 0 unspecified atom stereocenters. The summed E-state index contributed by atoms with van der Waals surface area (Å²) in [6, 6.07) is 12.2. The molecule has 12 heteroatoms. The summed E-state index contributed by atoms with van der Waals surface area (Å²) in [5, 5.41) is 9.17. The van der Waals surface area contributed by atoms with E-state index in [2.05, 4.69) is 9.80 Å². The smallest absolute Gasteiger partial charge is 0.417 e. The molecule has 2 aliphatic heterocycles. The number of rotatable bonds is 7. The van der Waals surface area contributed by atoms with Gasteiger partial charge in [-0.05, 0) is 75.5 Å². The summed E-state index contributed by atoms with van der Waals surface area (Å²) in [5.41, 5.74) is -1.23. The van der Waals surface area contributed by atoms with Crippen LogP contribution >= 0.6 is 12.2 Å². The van der Waals surface area contributed by atoms with Crippen LogP contribution in [0.4, 0.5) is 30.2 Å². The lowest BCUT2D eigenvalue weighted by Gasteiger charge is -2.36. The largest absolute Gasteiger partial charge is 0.466 e. The molecule has 2 aliphatic rings. The molecule has 0 bridgehead atoms. The Hall–Kier alpha value is -3.69. The van der Waals surface area contributed by atoms with Gasteiger partial charge in [-0.1, -0.05) is 0 Å². The number of esters is 1. The minimum Gasteiger partial charge on any atom is -0.466 e. The van der Waals surface area contributed by atoms with Crippen LogP contribution in [0.2, 0.25) is 0 Å². The highest BCUT2D eigenvalue weighted by atomic mass is 32.1. The van der Waals surface area contributed by atoms with E-state index in [-0.39, 0.29) is 16.8 Å². The molecule has 2 aromatic carbocycles. The van der Waals surface area contributed by atoms with Gasteiger partial charge in [0.15, 0.2) is 5.11 Å². The van der Waals surface area contributed by atoms with Gasteiger partial charge in [-0.25, -0.2) is 0 Å². The lowest BCUT2D eigenvalue weighted by molar-refractivity contribution is -0.143. The second-order valence-corrected chi connectivity index (χ2v) is 10.4. The molecule has 2 saturated heterocycles. The van der Waals surface area contributed by atoms with Crippen molar-refractivity contribution in [1.82, 2.24) is 4.90 Å². The predicted octanol–water partition coefficient (Wildman–Crippen LogP) is 4.57. The number of anilines is 3. The highest BCUT2D eigenvalue weighted by molar-refractivity contribution is 7.81. The fourth-order valence-corrected chi connectivity index (χ4v) is 5.51. The average molecular weight is 574 g/mol. The number of piperazine rings is 1. The Morgan fingerprint density at radius 2 is 1.65 bits per heavy atom. The molecule has 212 valence electrons. The molecule has 0 N–H and O–H groups in total. The Morgan fingerprint density at radius 1 is 1.05 bits per heavy atom. The number of halogens is 3. The molecule has 4 rings (SSSR count). The van der Waals surface area contributed by atoms with Crippen molar-refractivity contribution in [3.63, 3.8) is 0 Å². The summed E-state index contributed by atoms with van der Waals surface area (Å²) in [4.78, 5) is 32.2. The molecule has 0 aliphatic carbocycles. The molecule has 2 fully saturated rings. The Labute approximate surface area is 236 Å². The number of benzene rings is 2. The molecule has 2 aromatic rings. The zero-order valence-corrected chi connectivity index (χ0v) is 23.3. The Morgan fingerprint density at radius 3 is 2.23 bits per heavy atom. The number of alkyl halides is 3. The molecule has 0 atom stereocenters. The van der Waals surface area contributed by atoms with Gasteiger partial charge < -0.3 is 14.5 Å². The molecule has 0 radical (unpaired) electrons.